The summed E-state index contributed by atoms with van der Waals surface area (Å²) < 4.78 is 0. The maximum Gasteiger partial charge on any atom is 0.131 e. The molecule has 0 spiro atoms. The molecule has 0 aliphatic rings. The molecule has 0 aliphatic carbocycles. The quantitative estimate of drug-likeness (QED) is 0.0766. The molecule has 0 fully saturated rings. The van der Waals surface area contributed by atoms with Gasteiger partial charge in [0.15, 0.2) is 0 Å². The summed E-state index contributed by atoms with van der Waals surface area (Å²) in [6, 6.07) is 23.0. The first-order valence-corrected chi connectivity index (χ1v) is 28.0. The molecule has 0 radical (unpaired) electrons. The zero-order valence-corrected chi connectivity index (χ0v) is 43.6. The minimum absolute atomic E-state index is 0.0565. The summed E-state index contributed by atoms with van der Waals surface area (Å²) in [7, 11) is -0.628. The Bertz CT molecular complexity index is 2160. The average Bonchev–Trinajstić information content (AvgIpc) is 3.19. The van der Waals surface area contributed by atoms with Crippen molar-refractivity contribution in [3.05, 3.63) is 111 Å². The van der Waals surface area contributed by atoms with Gasteiger partial charge in [-0.2, -0.15) is 0 Å². The molecule has 62 heavy (non-hydrogen) atoms. The highest BCUT2D eigenvalue weighted by Crippen LogP contribution is 2.51. The molecule has 0 saturated heterocycles. The van der Waals surface area contributed by atoms with Crippen LogP contribution in [0.15, 0.2) is 60.7 Å². The smallest absolute Gasteiger partial charge is 0.131 e. The largest absolute Gasteiger partial charge is 0.507 e. The van der Waals surface area contributed by atoms with Crippen LogP contribution in [-0.4, -0.2) is 42.5 Å². The van der Waals surface area contributed by atoms with Crippen molar-refractivity contribution in [3.63, 3.8) is 0 Å². The summed E-state index contributed by atoms with van der Waals surface area (Å²) in [5.74, 6) is 2.66. The maximum atomic E-state index is 12.9. The third-order valence-corrected chi connectivity index (χ3v) is 16.3. The summed E-state index contributed by atoms with van der Waals surface area (Å²) >= 11 is 0. The van der Waals surface area contributed by atoms with Crippen LogP contribution in [0.25, 0.3) is 44.5 Å². The molecule has 1 unspecified atom stereocenters. The Morgan fingerprint density at radius 2 is 0.677 bits per heavy atom. The van der Waals surface area contributed by atoms with Gasteiger partial charge in [-0.1, -0.05) is 127 Å². The Kier molecular flexibility index (Phi) is 16.5. The number of benzene rings is 5. The lowest BCUT2D eigenvalue weighted by molar-refractivity contribution is 0.478. The van der Waals surface area contributed by atoms with Gasteiger partial charge in [-0.3, -0.25) is 0 Å². The lowest BCUT2D eigenvalue weighted by atomic mass is 9.80. The molecule has 4 heteroatoms. The van der Waals surface area contributed by atoms with E-state index in [0.717, 1.165) is 56.2 Å². The van der Waals surface area contributed by atoms with Gasteiger partial charge in [0, 0.05) is 22.3 Å². The van der Waals surface area contributed by atoms with Crippen molar-refractivity contribution < 1.29 is 10.2 Å². The SMILES string of the molecule is Cc1cc(-c2cc(C)cc(-c3cc(C)cc(-c4c(C(C)C)cc(C(C)C)cc4C(C)C)c3O)c2P(C)CCCCP(C)C)c(O)c(-c2c(C(C)C)cc(C(C)C)cc2C(C)C)c1. The predicted molar refractivity (Wildman–Crippen MR) is 280 cm³/mol. The van der Waals surface area contributed by atoms with Crippen molar-refractivity contribution >= 4 is 21.1 Å². The van der Waals surface area contributed by atoms with Gasteiger partial charge in [0.25, 0.3) is 0 Å². The fraction of sp³-hybridized carbons (Fsp3) is 0.483. The van der Waals surface area contributed by atoms with Gasteiger partial charge in [0.2, 0.25) is 0 Å². The average molecular weight is 871 g/mol. The molecule has 0 bridgehead atoms. The molecular weight excluding hydrogens is 791 g/mol. The lowest BCUT2D eigenvalue weighted by Gasteiger charge is -2.27. The Morgan fingerprint density at radius 3 is 0.968 bits per heavy atom. The number of aryl methyl sites for hydroxylation is 3. The van der Waals surface area contributed by atoms with Gasteiger partial charge < -0.3 is 10.2 Å². The number of aromatic hydroxyl groups is 2. The van der Waals surface area contributed by atoms with E-state index in [0.29, 0.717) is 23.3 Å². The number of phenolic OH excluding ortho intramolecular Hbond substituents is 2. The van der Waals surface area contributed by atoms with Gasteiger partial charge >= 0.3 is 0 Å². The lowest BCUT2D eigenvalue weighted by Crippen LogP contribution is -2.13. The molecule has 1 atom stereocenters. The zero-order valence-electron chi connectivity index (χ0n) is 41.9. The monoisotopic (exact) mass is 871 g/mol. The first-order valence-electron chi connectivity index (χ1n) is 23.6. The molecular formula is C58H80O2P2. The Hall–Kier alpha value is -3.44. The van der Waals surface area contributed by atoms with E-state index < -0.39 is 7.92 Å². The topological polar surface area (TPSA) is 40.5 Å². The van der Waals surface area contributed by atoms with Gasteiger partial charge in [-0.25, -0.2) is 0 Å². The van der Waals surface area contributed by atoms with E-state index in [-0.39, 0.29) is 31.6 Å². The van der Waals surface area contributed by atoms with Crippen molar-refractivity contribution in [3.8, 4) is 56.0 Å². The zero-order chi connectivity index (χ0) is 46.1. The van der Waals surface area contributed by atoms with Crippen LogP contribution in [0.2, 0.25) is 0 Å². The van der Waals surface area contributed by atoms with Gasteiger partial charge in [-0.15, -0.1) is 7.92 Å². The van der Waals surface area contributed by atoms with E-state index >= 15 is 0 Å². The van der Waals surface area contributed by atoms with E-state index in [2.05, 4.69) is 185 Å². The van der Waals surface area contributed by atoms with Gasteiger partial charge in [0.05, 0.1) is 0 Å². The minimum Gasteiger partial charge on any atom is -0.507 e. The van der Waals surface area contributed by atoms with Gasteiger partial charge in [0.1, 0.15) is 11.5 Å². The number of phenols is 2. The molecule has 2 N–H and O–H groups in total. The molecule has 334 valence electrons. The summed E-state index contributed by atoms with van der Waals surface area (Å²) in [5, 5.41) is 27.1. The van der Waals surface area contributed by atoms with Crippen molar-refractivity contribution in [2.75, 3.05) is 32.3 Å². The van der Waals surface area contributed by atoms with Crippen LogP contribution in [0.4, 0.5) is 0 Å². The van der Waals surface area contributed by atoms with Crippen LogP contribution >= 0.6 is 15.8 Å². The number of hydrogen-bond acceptors (Lipinski definition) is 2. The van der Waals surface area contributed by atoms with E-state index in [4.69, 9.17) is 0 Å². The van der Waals surface area contributed by atoms with Gasteiger partial charge in [-0.05, 0) is 203 Å². The highest BCUT2D eigenvalue weighted by Gasteiger charge is 2.28. The molecule has 5 rings (SSSR count). The molecule has 0 saturated carbocycles. The summed E-state index contributed by atoms with van der Waals surface area (Å²) in [6.45, 7) is 41.1. The molecule has 0 amide bonds. The highest BCUT2D eigenvalue weighted by atomic mass is 31.1. The van der Waals surface area contributed by atoms with Crippen LogP contribution in [0.3, 0.4) is 0 Å². The van der Waals surface area contributed by atoms with Crippen LogP contribution in [-0.2, 0) is 0 Å². The number of rotatable bonds is 16. The molecule has 0 heterocycles. The van der Waals surface area contributed by atoms with E-state index in [1.165, 1.54) is 68.8 Å². The van der Waals surface area contributed by atoms with Crippen molar-refractivity contribution in [1.29, 1.82) is 0 Å². The Labute approximate surface area is 380 Å². The number of unbranched alkanes of at least 4 members (excludes halogenated alkanes) is 1. The molecule has 5 aromatic carbocycles. The first-order chi connectivity index (χ1) is 29.0. The van der Waals surface area contributed by atoms with Crippen LogP contribution in [0.1, 0.15) is 182 Å². The van der Waals surface area contributed by atoms with Crippen molar-refractivity contribution in [2.45, 2.75) is 152 Å². The Morgan fingerprint density at radius 1 is 0.387 bits per heavy atom. The minimum atomic E-state index is -0.684. The second-order valence-corrected chi connectivity index (χ2v) is 25.5. The normalized spacial score (nSPS) is 12.7. The first kappa shape index (κ1) is 49.6. The van der Waals surface area contributed by atoms with Crippen LogP contribution < -0.4 is 5.30 Å². The molecule has 0 aromatic heterocycles. The predicted octanol–water partition coefficient (Wildman–Crippen LogP) is 17.7. The summed E-state index contributed by atoms with van der Waals surface area (Å²) in [5.41, 5.74) is 19.4. The second kappa shape index (κ2) is 20.6. The second-order valence-electron chi connectivity index (χ2n) is 20.6. The summed E-state index contributed by atoms with van der Waals surface area (Å²) in [4.78, 5) is 0. The third-order valence-electron chi connectivity index (χ3n) is 12.9. The maximum absolute atomic E-state index is 12.9. The van der Waals surface area contributed by atoms with Crippen LogP contribution in [0, 0.1) is 20.8 Å². The van der Waals surface area contributed by atoms with Crippen molar-refractivity contribution in [1.82, 2.24) is 0 Å². The van der Waals surface area contributed by atoms with E-state index in [1.54, 1.807) is 0 Å². The van der Waals surface area contributed by atoms with Crippen molar-refractivity contribution in [2.24, 2.45) is 0 Å². The molecule has 0 aliphatic heterocycles. The Balaban J connectivity index is 1.90. The fourth-order valence-electron chi connectivity index (χ4n) is 9.37. The summed E-state index contributed by atoms with van der Waals surface area (Å²) in [6.07, 6.45) is 4.78. The standard InChI is InChI=1S/C58H80O2P2/c1-33(2)42-29-44(35(5)6)54(45(30-42)36(7)8)52-27-39(13)23-48(56(52)59)50-25-41(15)26-51(58(50)62(18)22-20-19-21-61(16)17)49-24-40(14)28-53(57(49)60)55-46(37(9)10)31-43(34(3)4)32-47(55)38(11)12/h23-38,59-60H,19-22H2,1-18H3. The number of hydrogen-bond donors (Lipinski definition) is 2. The molecule has 5 aromatic rings. The van der Waals surface area contributed by atoms with Crippen LogP contribution in [0.5, 0.6) is 11.5 Å². The third kappa shape index (κ3) is 10.7. The van der Waals surface area contributed by atoms with E-state index in [9.17, 15) is 10.2 Å². The van der Waals surface area contributed by atoms with E-state index in [1.807, 2.05) is 0 Å². The molecule has 2 nitrogen and oxygen atoms in total. The fourth-order valence-corrected chi connectivity index (χ4v) is 12.3. The highest BCUT2D eigenvalue weighted by molar-refractivity contribution is 7.65.